The van der Waals surface area contributed by atoms with Crippen LogP contribution >= 0.6 is 0 Å². The third-order valence-electron chi connectivity index (χ3n) is 6.06. The lowest BCUT2D eigenvalue weighted by Gasteiger charge is -2.28. The fourth-order valence-corrected chi connectivity index (χ4v) is 4.35. The number of Topliss-reactive ketones (excluding diaryl/α,β-unsaturated/α-hetero) is 1. The van der Waals surface area contributed by atoms with Crippen molar-refractivity contribution in [1.29, 1.82) is 0 Å². The number of nitrogens with zero attached hydrogens (tertiary/aromatic N) is 2. The van der Waals surface area contributed by atoms with Crippen molar-refractivity contribution in [3.05, 3.63) is 59.2 Å². The van der Waals surface area contributed by atoms with Crippen molar-refractivity contribution in [2.24, 2.45) is 0 Å². The normalized spacial score (nSPS) is 19.1. The number of likely N-dealkylation sites (tertiary alicyclic amines) is 1. The first-order chi connectivity index (χ1) is 16.3. The fourth-order valence-electron chi connectivity index (χ4n) is 4.35. The van der Waals surface area contributed by atoms with Crippen LogP contribution in [0.1, 0.15) is 43.9 Å². The lowest BCUT2D eigenvalue weighted by atomic mass is 9.94. The van der Waals surface area contributed by atoms with Crippen LogP contribution in [0.2, 0.25) is 0 Å². The summed E-state index contributed by atoms with van der Waals surface area (Å²) in [7, 11) is 1.93. The second-order valence-corrected chi connectivity index (χ2v) is 8.46. The van der Waals surface area contributed by atoms with E-state index in [-0.39, 0.29) is 11.3 Å². The van der Waals surface area contributed by atoms with Crippen molar-refractivity contribution in [3.8, 4) is 11.5 Å². The Morgan fingerprint density at radius 3 is 2.74 bits per heavy atom. The van der Waals surface area contributed by atoms with Gasteiger partial charge in [0.15, 0.2) is 0 Å². The molecule has 1 atom stereocenters. The number of unbranched alkanes of at least 4 members (excludes halogenated alkanes) is 1. The lowest BCUT2D eigenvalue weighted by molar-refractivity contribution is -0.139. The summed E-state index contributed by atoms with van der Waals surface area (Å²) in [5, 5.41) is 11.3. The third-order valence-corrected chi connectivity index (χ3v) is 6.06. The Kier molecular flexibility index (Phi) is 6.58. The van der Waals surface area contributed by atoms with Crippen molar-refractivity contribution in [2.45, 2.75) is 32.7 Å². The number of carbonyl (C=O) groups excluding carboxylic acids is 3. The molecule has 1 N–H and O–H groups in total. The van der Waals surface area contributed by atoms with Gasteiger partial charge < -0.3 is 24.4 Å². The zero-order valence-electron chi connectivity index (χ0n) is 19.5. The quantitative estimate of drug-likeness (QED) is 0.229. The molecular formula is C26H28N2O6. The standard InChI is InChI=1S/C26H28N2O6/c1-4-5-11-28-23(17-7-6-8-19(14-17)34-16(2)29)22(25(31)26(28)32)24(30)18-9-10-21-20(15-18)27(3)12-13-33-21/h6-10,14-15,23,30H,4-5,11-13H2,1-3H3/b24-22-. The van der Waals surface area contributed by atoms with Gasteiger partial charge in [0.2, 0.25) is 0 Å². The van der Waals surface area contributed by atoms with E-state index in [4.69, 9.17) is 9.47 Å². The van der Waals surface area contributed by atoms with E-state index in [2.05, 4.69) is 0 Å². The van der Waals surface area contributed by atoms with Gasteiger partial charge in [0, 0.05) is 26.1 Å². The molecule has 1 fully saturated rings. The van der Waals surface area contributed by atoms with Gasteiger partial charge in [-0.05, 0) is 42.3 Å². The van der Waals surface area contributed by atoms with E-state index in [1.54, 1.807) is 42.5 Å². The minimum Gasteiger partial charge on any atom is -0.507 e. The number of rotatable bonds is 6. The van der Waals surface area contributed by atoms with Crippen molar-refractivity contribution < 1.29 is 29.0 Å². The van der Waals surface area contributed by atoms with Gasteiger partial charge in [-0.3, -0.25) is 14.4 Å². The molecule has 8 heteroatoms. The van der Waals surface area contributed by atoms with Crippen LogP contribution in [-0.4, -0.2) is 54.4 Å². The number of benzene rings is 2. The molecule has 2 heterocycles. The van der Waals surface area contributed by atoms with Crippen LogP contribution in [0.4, 0.5) is 5.69 Å². The number of ether oxygens (including phenoxy) is 2. The first-order valence-electron chi connectivity index (χ1n) is 11.4. The summed E-state index contributed by atoms with van der Waals surface area (Å²) >= 11 is 0. The van der Waals surface area contributed by atoms with Crippen molar-refractivity contribution in [2.75, 3.05) is 31.6 Å². The van der Waals surface area contributed by atoms with E-state index in [1.807, 2.05) is 18.9 Å². The average molecular weight is 465 g/mol. The SMILES string of the molecule is CCCCN1C(=O)C(=O)/C(=C(\O)c2ccc3c(c2)N(C)CCO3)C1c1cccc(OC(C)=O)c1. The van der Waals surface area contributed by atoms with Crippen molar-refractivity contribution in [3.63, 3.8) is 0 Å². The number of fused-ring (bicyclic) bond motifs is 1. The number of carbonyl (C=O) groups is 3. The van der Waals surface area contributed by atoms with Gasteiger partial charge in [0.25, 0.3) is 11.7 Å². The minimum atomic E-state index is -0.799. The van der Waals surface area contributed by atoms with Gasteiger partial charge in [0.1, 0.15) is 23.9 Å². The predicted octanol–water partition coefficient (Wildman–Crippen LogP) is 3.66. The first-order valence-corrected chi connectivity index (χ1v) is 11.4. The Morgan fingerprint density at radius 1 is 1.21 bits per heavy atom. The largest absolute Gasteiger partial charge is 0.507 e. The Balaban J connectivity index is 1.84. The smallest absolute Gasteiger partial charge is 0.308 e. The summed E-state index contributed by atoms with van der Waals surface area (Å²) < 4.78 is 10.9. The average Bonchev–Trinajstić information content (AvgIpc) is 3.07. The molecule has 2 aliphatic rings. The topological polar surface area (TPSA) is 96.4 Å². The lowest BCUT2D eigenvalue weighted by Crippen LogP contribution is -2.30. The molecule has 0 saturated carbocycles. The van der Waals surface area contributed by atoms with E-state index in [9.17, 15) is 19.5 Å². The monoisotopic (exact) mass is 464 g/mol. The Labute approximate surface area is 198 Å². The highest BCUT2D eigenvalue weighted by molar-refractivity contribution is 6.46. The number of likely N-dealkylation sites (N-methyl/N-ethyl adjacent to an activating group) is 1. The first kappa shape index (κ1) is 23.4. The van der Waals surface area contributed by atoms with Gasteiger partial charge in [-0.25, -0.2) is 0 Å². The number of esters is 1. The molecule has 34 heavy (non-hydrogen) atoms. The van der Waals surface area contributed by atoms with Crippen LogP contribution in [0.15, 0.2) is 48.0 Å². The fraction of sp³-hybridized carbons (Fsp3) is 0.346. The number of ketones is 1. The molecule has 4 rings (SSSR count). The molecular weight excluding hydrogens is 436 g/mol. The van der Waals surface area contributed by atoms with Crippen LogP contribution < -0.4 is 14.4 Å². The summed E-state index contributed by atoms with van der Waals surface area (Å²) in [4.78, 5) is 41.1. The van der Waals surface area contributed by atoms with Gasteiger partial charge in [-0.15, -0.1) is 0 Å². The summed E-state index contributed by atoms with van der Waals surface area (Å²) in [6.45, 7) is 4.92. The predicted molar refractivity (Wildman–Crippen MR) is 127 cm³/mol. The van der Waals surface area contributed by atoms with Crippen molar-refractivity contribution in [1.82, 2.24) is 4.90 Å². The summed E-state index contributed by atoms with van der Waals surface area (Å²) in [6.07, 6.45) is 1.54. The van der Waals surface area contributed by atoms with E-state index < -0.39 is 23.7 Å². The van der Waals surface area contributed by atoms with Gasteiger partial charge >= 0.3 is 5.97 Å². The highest BCUT2D eigenvalue weighted by Crippen LogP contribution is 2.42. The van der Waals surface area contributed by atoms with Crippen molar-refractivity contribution >= 4 is 29.1 Å². The number of amides is 1. The van der Waals surface area contributed by atoms with Crippen LogP contribution in [0.5, 0.6) is 11.5 Å². The summed E-state index contributed by atoms with van der Waals surface area (Å²) in [5.74, 6) is -1.12. The number of aliphatic hydroxyl groups excluding tert-OH is 1. The number of aliphatic hydroxyl groups is 1. The summed E-state index contributed by atoms with van der Waals surface area (Å²) in [5.41, 5.74) is 1.81. The van der Waals surface area contributed by atoms with Gasteiger partial charge in [-0.2, -0.15) is 0 Å². The Hall–Kier alpha value is -3.81. The molecule has 8 nitrogen and oxygen atoms in total. The number of hydrogen-bond donors (Lipinski definition) is 1. The second-order valence-electron chi connectivity index (χ2n) is 8.46. The van der Waals surface area contributed by atoms with Gasteiger partial charge in [0.05, 0.1) is 23.8 Å². The minimum absolute atomic E-state index is 0.0143. The molecule has 0 bridgehead atoms. The molecule has 2 aliphatic heterocycles. The second kappa shape index (κ2) is 9.59. The van der Waals surface area contributed by atoms with E-state index in [0.717, 1.165) is 12.1 Å². The maximum Gasteiger partial charge on any atom is 0.308 e. The zero-order valence-corrected chi connectivity index (χ0v) is 19.5. The Morgan fingerprint density at radius 2 is 2.00 bits per heavy atom. The zero-order chi connectivity index (χ0) is 24.4. The molecule has 0 radical (unpaired) electrons. The highest BCUT2D eigenvalue weighted by atomic mass is 16.5. The summed E-state index contributed by atoms with van der Waals surface area (Å²) in [6, 6.07) is 11.1. The van der Waals surface area contributed by atoms with Gasteiger partial charge in [-0.1, -0.05) is 25.5 Å². The number of anilines is 1. The molecule has 2 aromatic rings. The molecule has 0 aromatic heterocycles. The van der Waals surface area contributed by atoms with Crippen LogP contribution in [0, 0.1) is 0 Å². The Bertz CT molecular complexity index is 1170. The molecule has 1 saturated heterocycles. The highest BCUT2D eigenvalue weighted by Gasteiger charge is 2.46. The molecule has 0 aliphatic carbocycles. The van der Waals surface area contributed by atoms with Crippen LogP contribution in [0.25, 0.3) is 5.76 Å². The number of hydrogen-bond acceptors (Lipinski definition) is 7. The molecule has 178 valence electrons. The van der Waals surface area contributed by atoms with E-state index in [1.165, 1.54) is 11.8 Å². The molecule has 2 aromatic carbocycles. The molecule has 1 unspecified atom stereocenters. The molecule has 0 spiro atoms. The van der Waals surface area contributed by atoms with Crippen LogP contribution in [0.3, 0.4) is 0 Å². The maximum absolute atomic E-state index is 13.2. The van der Waals surface area contributed by atoms with E-state index >= 15 is 0 Å². The van der Waals surface area contributed by atoms with E-state index in [0.29, 0.717) is 48.7 Å². The molecule has 1 amide bonds. The van der Waals surface area contributed by atoms with Crippen LogP contribution in [-0.2, 0) is 14.4 Å². The maximum atomic E-state index is 13.2. The third kappa shape index (κ3) is 4.35.